The van der Waals surface area contributed by atoms with Crippen molar-refractivity contribution in [3.05, 3.63) is 34.2 Å². The maximum atomic E-state index is 12.3. The number of nitrogens with one attached hydrogen (secondary N) is 2. The number of H-pyrrole nitrogens is 1. The van der Waals surface area contributed by atoms with E-state index in [4.69, 9.17) is 0 Å². The van der Waals surface area contributed by atoms with E-state index in [0.29, 0.717) is 25.9 Å². The van der Waals surface area contributed by atoms with Crippen LogP contribution in [-0.2, 0) is 0 Å². The second-order valence-electron chi connectivity index (χ2n) is 5.08. The lowest BCUT2D eigenvalue weighted by atomic mass is 10.0. The zero-order chi connectivity index (χ0) is 15.5. The van der Waals surface area contributed by atoms with Crippen molar-refractivity contribution in [1.29, 1.82) is 0 Å². The number of aromatic nitrogens is 1. The van der Waals surface area contributed by atoms with Crippen LogP contribution in [0.15, 0.2) is 23.1 Å². The van der Waals surface area contributed by atoms with Gasteiger partial charge in [-0.25, -0.2) is 0 Å². The number of rotatable bonds is 3. The first-order valence-corrected chi connectivity index (χ1v) is 6.62. The predicted octanol–water partition coefficient (Wildman–Crippen LogP) is 1.13. The third-order valence-corrected chi connectivity index (χ3v) is 3.36. The molecule has 8 heteroatoms. The van der Waals surface area contributed by atoms with E-state index in [9.17, 15) is 22.8 Å². The van der Waals surface area contributed by atoms with Gasteiger partial charge in [0.05, 0.1) is 6.54 Å². The molecule has 0 atom stereocenters. The molecule has 2 heterocycles. The van der Waals surface area contributed by atoms with Crippen LogP contribution >= 0.6 is 0 Å². The number of halogens is 3. The van der Waals surface area contributed by atoms with Crippen LogP contribution in [0.4, 0.5) is 13.2 Å². The summed E-state index contributed by atoms with van der Waals surface area (Å²) in [6.45, 7) is -0.332. The van der Waals surface area contributed by atoms with E-state index in [0.717, 1.165) is 0 Å². The van der Waals surface area contributed by atoms with Gasteiger partial charge in [0.15, 0.2) is 0 Å². The molecule has 0 aromatic carbocycles. The van der Waals surface area contributed by atoms with Gasteiger partial charge < -0.3 is 10.3 Å². The van der Waals surface area contributed by atoms with E-state index in [1.807, 2.05) is 0 Å². The van der Waals surface area contributed by atoms with Crippen molar-refractivity contribution in [3.63, 3.8) is 0 Å². The fraction of sp³-hybridized carbons (Fsp3) is 0.538. The second-order valence-corrected chi connectivity index (χ2v) is 5.08. The Balaban J connectivity index is 1.83. The van der Waals surface area contributed by atoms with Crippen LogP contribution < -0.4 is 10.9 Å². The van der Waals surface area contributed by atoms with Gasteiger partial charge in [0.2, 0.25) is 5.56 Å². The molecular formula is C13H16F3N3O2. The molecule has 2 rings (SSSR count). The van der Waals surface area contributed by atoms with E-state index in [1.54, 1.807) is 0 Å². The van der Waals surface area contributed by atoms with Crippen molar-refractivity contribution in [2.24, 2.45) is 0 Å². The van der Waals surface area contributed by atoms with Crippen LogP contribution in [0.1, 0.15) is 23.2 Å². The minimum atomic E-state index is -4.19. The average molecular weight is 303 g/mol. The number of piperidine rings is 1. The number of likely N-dealkylation sites (tertiary alicyclic amines) is 1. The molecule has 0 unspecified atom stereocenters. The van der Waals surface area contributed by atoms with Crippen LogP contribution in [-0.4, -0.2) is 47.6 Å². The summed E-state index contributed by atoms with van der Waals surface area (Å²) in [5.74, 6) is -0.379. The van der Waals surface area contributed by atoms with Crippen molar-refractivity contribution >= 4 is 5.91 Å². The summed E-state index contributed by atoms with van der Waals surface area (Å²) in [6, 6.07) is 2.50. The van der Waals surface area contributed by atoms with Crippen molar-refractivity contribution in [1.82, 2.24) is 15.2 Å². The normalized spacial score (nSPS) is 17.7. The minimum absolute atomic E-state index is 0.165. The predicted molar refractivity (Wildman–Crippen MR) is 70.0 cm³/mol. The lowest BCUT2D eigenvalue weighted by Crippen LogP contribution is -2.47. The lowest BCUT2D eigenvalue weighted by Gasteiger charge is -2.32. The highest BCUT2D eigenvalue weighted by molar-refractivity contribution is 5.94. The molecule has 0 aliphatic carbocycles. The fourth-order valence-electron chi connectivity index (χ4n) is 2.34. The van der Waals surface area contributed by atoms with Gasteiger partial charge in [-0.15, -0.1) is 0 Å². The van der Waals surface area contributed by atoms with E-state index in [-0.39, 0.29) is 23.1 Å². The first-order chi connectivity index (χ1) is 9.83. The number of alkyl halides is 3. The van der Waals surface area contributed by atoms with Gasteiger partial charge in [-0.2, -0.15) is 13.2 Å². The Hall–Kier alpha value is -1.83. The molecule has 2 N–H and O–H groups in total. The summed E-state index contributed by atoms with van der Waals surface area (Å²) >= 11 is 0. The summed E-state index contributed by atoms with van der Waals surface area (Å²) in [4.78, 5) is 26.8. The van der Waals surface area contributed by atoms with Crippen LogP contribution in [0.5, 0.6) is 0 Å². The zero-order valence-corrected chi connectivity index (χ0v) is 11.2. The number of pyridine rings is 1. The number of aromatic amines is 1. The van der Waals surface area contributed by atoms with Gasteiger partial charge in [-0.05, 0) is 18.9 Å². The molecule has 0 spiro atoms. The Morgan fingerprint density at radius 1 is 1.38 bits per heavy atom. The minimum Gasteiger partial charge on any atom is -0.349 e. The SMILES string of the molecule is O=C(NC1CCN(CC(F)(F)F)CC1)c1cc[nH]c(=O)c1. The van der Waals surface area contributed by atoms with E-state index < -0.39 is 12.7 Å². The van der Waals surface area contributed by atoms with E-state index >= 15 is 0 Å². The summed E-state index contributed by atoms with van der Waals surface area (Å²) in [7, 11) is 0. The van der Waals surface area contributed by atoms with Gasteiger partial charge in [-0.3, -0.25) is 14.5 Å². The molecule has 1 aliphatic heterocycles. The number of carbonyl (C=O) groups is 1. The molecule has 0 radical (unpaired) electrons. The van der Waals surface area contributed by atoms with Gasteiger partial charge in [0.1, 0.15) is 0 Å². The Labute approximate surface area is 119 Å². The zero-order valence-electron chi connectivity index (χ0n) is 11.2. The molecule has 21 heavy (non-hydrogen) atoms. The van der Waals surface area contributed by atoms with Crippen LogP contribution in [0.3, 0.4) is 0 Å². The Kier molecular flexibility index (Phi) is 4.66. The molecule has 1 fully saturated rings. The molecular weight excluding hydrogens is 287 g/mol. The number of carbonyl (C=O) groups excluding carboxylic acids is 1. The highest BCUT2D eigenvalue weighted by Gasteiger charge is 2.32. The molecule has 1 saturated heterocycles. The summed E-state index contributed by atoms with van der Waals surface area (Å²) in [5.41, 5.74) is -0.126. The number of hydrogen-bond donors (Lipinski definition) is 2. The van der Waals surface area contributed by atoms with Crippen LogP contribution in [0, 0.1) is 0 Å². The average Bonchev–Trinajstić information content (AvgIpc) is 2.39. The van der Waals surface area contributed by atoms with Crippen LogP contribution in [0.2, 0.25) is 0 Å². The van der Waals surface area contributed by atoms with E-state index in [2.05, 4.69) is 10.3 Å². The first-order valence-electron chi connectivity index (χ1n) is 6.62. The van der Waals surface area contributed by atoms with Crippen molar-refractivity contribution in [2.75, 3.05) is 19.6 Å². The standard InChI is InChI=1S/C13H16F3N3O2/c14-13(15,16)8-19-5-2-10(3-6-19)18-12(21)9-1-4-17-11(20)7-9/h1,4,7,10H,2-3,5-6,8H2,(H,17,20)(H,18,21). The summed E-state index contributed by atoms with van der Waals surface area (Å²) in [6.07, 6.45) is -1.89. The van der Waals surface area contributed by atoms with Gasteiger partial charge in [0.25, 0.3) is 5.91 Å². The van der Waals surface area contributed by atoms with Crippen molar-refractivity contribution < 1.29 is 18.0 Å². The quantitative estimate of drug-likeness (QED) is 0.880. The Bertz CT molecular complexity index is 548. The maximum Gasteiger partial charge on any atom is 0.401 e. The topological polar surface area (TPSA) is 65.2 Å². The molecule has 1 aliphatic rings. The second kappa shape index (κ2) is 6.30. The Morgan fingerprint density at radius 3 is 2.62 bits per heavy atom. The molecule has 0 bridgehead atoms. The third kappa shape index (κ3) is 4.89. The van der Waals surface area contributed by atoms with Crippen molar-refractivity contribution in [2.45, 2.75) is 25.1 Å². The van der Waals surface area contributed by atoms with Gasteiger partial charge >= 0.3 is 6.18 Å². The van der Waals surface area contributed by atoms with Crippen molar-refractivity contribution in [3.8, 4) is 0 Å². The molecule has 1 aromatic rings. The Morgan fingerprint density at radius 2 is 2.05 bits per heavy atom. The third-order valence-electron chi connectivity index (χ3n) is 3.36. The van der Waals surface area contributed by atoms with E-state index in [1.165, 1.54) is 23.2 Å². The molecule has 116 valence electrons. The smallest absolute Gasteiger partial charge is 0.349 e. The van der Waals surface area contributed by atoms with Crippen LogP contribution in [0.25, 0.3) is 0 Å². The largest absolute Gasteiger partial charge is 0.401 e. The molecule has 5 nitrogen and oxygen atoms in total. The maximum absolute atomic E-state index is 12.3. The summed E-state index contributed by atoms with van der Waals surface area (Å²) in [5, 5.41) is 2.75. The number of hydrogen-bond acceptors (Lipinski definition) is 3. The first kappa shape index (κ1) is 15.6. The number of nitrogens with zero attached hydrogens (tertiary/aromatic N) is 1. The van der Waals surface area contributed by atoms with Gasteiger partial charge in [0, 0.05) is 37.0 Å². The summed E-state index contributed by atoms with van der Waals surface area (Å²) < 4.78 is 36.8. The highest BCUT2D eigenvalue weighted by atomic mass is 19.4. The lowest BCUT2D eigenvalue weighted by molar-refractivity contribution is -0.148. The molecule has 0 saturated carbocycles. The molecule has 1 aromatic heterocycles. The fourth-order valence-corrected chi connectivity index (χ4v) is 2.34. The number of amides is 1. The van der Waals surface area contributed by atoms with Gasteiger partial charge in [-0.1, -0.05) is 0 Å². The highest BCUT2D eigenvalue weighted by Crippen LogP contribution is 2.19. The monoisotopic (exact) mass is 303 g/mol. The molecule has 1 amide bonds.